The van der Waals surface area contributed by atoms with Crippen LogP contribution in [0.1, 0.15) is 13.3 Å². The maximum atomic E-state index is 10.2. The Morgan fingerprint density at radius 1 is 1.62 bits per heavy atom. The Hall–Kier alpha value is -0.795. The number of rotatable bonds is 2. The Labute approximate surface area is 48.5 Å². The zero-order valence-corrected chi connectivity index (χ0v) is 3.93. The van der Waals surface area contributed by atoms with Gasteiger partial charge in [0.05, 0.1) is 6.42 Å². The van der Waals surface area contributed by atoms with Gasteiger partial charge in [0, 0.05) is 0 Å². The Bertz CT molecular complexity index is 110. The lowest BCUT2D eigenvalue weighted by Crippen LogP contribution is -2.05. The first-order valence-corrected chi connectivity index (χ1v) is 1.82. The fraction of sp³-hybridized carbons (Fsp3) is 0.500. The van der Waals surface area contributed by atoms with Crippen LogP contribution in [0.5, 0.6) is 0 Å². The van der Waals surface area contributed by atoms with Crippen LogP contribution < -0.4 is 0 Å². The minimum atomic E-state index is -0.363. The molecule has 0 aliphatic rings. The lowest BCUT2D eigenvalue weighted by molar-refractivity contribution is -0.137. The first kappa shape index (κ1) is 7.20. The summed E-state index contributed by atoms with van der Waals surface area (Å²) >= 11 is 0. The SMILES string of the molecule is [BH3-]OC(=O)CC(C)=O. The molecule has 0 aromatic heterocycles. The fourth-order valence-corrected chi connectivity index (χ4v) is 0.203. The normalized spacial score (nSPS) is 8.25. The summed E-state index contributed by atoms with van der Waals surface area (Å²) in [6.45, 7) is 1.37. The monoisotopic (exact) mass is 115 g/mol. The molecule has 0 radical (unpaired) electrons. The molecule has 0 rings (SSSR count). The van der Waals surface area contributed by atoms with E-state index in [1.165, 1.54) is 6.92 Å². The van der Waals surface area contributed by atoms with Crippen LogP contribution in [0.15, 0.2) is 0 Å². The van der Waals surface area contributed by atoms with Crippen molar-refractivity contribution < 1.29 is 14.2 Å². The zero-order valence-electron chi connectivity index (χ0n) is 3.93. The minimum Gasteiger partial charge on any atom is -0.696 e. The summed E-state index contributed by atoms with van der Waals surface area (Å²) in [7, 11) is -0.326. The second-order valence-corrected chi connectivity index (χ2v) is 1.25. The zero-order chi connectivity index (χ0) is 6.57. The van der Waals surface area contributed by atoms with Gasteiger partial charge >= 0.3 is 0 Å². The summed E-state index contributed by atoms with van der Waals surface area (Å²) in [5.41, 5.74) is 0. The van der Waals surface area contributed by atoms with Crippen molar-refractivity contribution in [3.63, 3.8) is 0 Å². The van der Waals surface area contributed by atoms with Crippen molar-refractivity contribution >= 4 is 19.8 Å². The smallest absolute Gasteiger partial charge is 0.265 e. The van der Waals surface area contributed by atoms with Crippen molar-refractivity contribution in [2.75, 3.05) is 0 Å². The topological polar surface area (TPSA) is 43.4 Å². The van der Waals surface area contributed by atoms with Crippen molar-refractivity contribution in [2.24, 2.45) is 0 Å². The van der Waals surface area contributed by atoms with E-state index >= 15 is 0 Å². The van der Waals surface area contributed by atoms with Crippen molar-refractivity contribution in [1.82, 2.24) is 0 Å². The van der Waals surface area contributed by atoms with Crippen LogP contribution in [0.4, 0.5) is 0 Å². The molecule has 4 heteroatoms. The van der Waals surface area contributed by atoms with E-state index in [2.05, 4.69) is 4.65 Å². The fourth-order valence-electron chi connectivity index (χ4n) is 0.203. The van der Waals surface area contributed by atoms with Crippen LogP contribution in [0.3, 0.4) is 0 Å². The van der Waals surface area contributed by atoms with Crippen molar-refractivity contribution in [2.45, 2.75) is 13.3 Å². The predicted octanol–water partition coefficient (Wildman–Crippen LogP) is -1.21. The highest BCUT2D eigenvalue weighted by atomic mass is 16.5. The van der Waals surface area contributed by atoms with E-state index in [0.29, 0.717) is 0 Å². The molecule has 0 spiro atoms. The molecule has 3 nitrogen and oxygen atoms in total. The Morgan fingerprint density at radius 3 is 2.25 bits per heavy atom. The highest BCUT2D eigenvalue weighted by Gasteiger charge is 1.98. The van der Waals surface area contributed by atoms with Gasteiger partial charge in [-0.2, -0.15) is 0 Å². The van der Waals surface area contributed by atoms with Crippen LogP contribution in [-0.2, 0) is 14.2 Å². The second kappa shape index (κ2) is 3.24. The summed E-state index contributed by atoms with van der Waals surface area (Å²) in [5, 5.41) is 0. The molecule has 0 saturated carbocycles. The number of Topliss-reactive ketones (excluding diaryl/α,β-unsaturated/α-hetero) is 1. The van der Waals surface area contributed by atoms with Crippen LogP contribution in [0, 0.1) is 0 Å². The van der Waals surface area contributed by atoms with Crippen LogP contribution >= 0.6 is 0 Å². The van der Waals surface area contributed by atoms with Crippen molar-refractivity contribution in [1.29, 1.82) is 0 Å². The summed E-state index contributed by atoms with van der Waals surface area (Å²) < 4.78 is 4.45. The minimum absolute atomic E-state index is 0.0521. The molecule has 0 N–H and O–H groups in total. The molecular formula is C4H8BO3-. The summed E-state index contributed by atoms with van der Waals surface area (Å²) in [5.74, 6) is -0.493. The standard InChI is InChI=1S/C4H8BO3/c1-3(6)2-4(7)8-5/h2H2,1,5H3/q-1. The molecule has 0 heterocycles. The summed E-state index contributed by atoms with van der Waals surface area (Å²) in [4.78, 5) is 20.4. The maximum Gasteiger partial charge on any atom is 0.265 e. The second-order valence-electron chi connectivity index (χ2n) is 1.25. The Morgan fingerprint density at radius 2 is 2.12 bits per heavy atom. The van der Waals surface area contributed by atoms with E-state index in [0.717, 1.165) is 0 Å². The molecule has 8 heavy (non-hydrogen) atoms. The highest BCUT2D eigenvalue weighted by molar-refractivity contribution is 6.08. The number of carbonyl (C=O) groups is 2. The van der Waals surface area contributed by atoms with Gasteiger partial charge in [0.15, 0.2) is 0 Å². The summed E-state index contributed by atoms with van der Waals surface area (Å²) in [6.07, 6.45) is -0.0521. The van der Waals surface area contributed by atoms with Gasteiger partial charge in [-0.1, -0.05) is 0 Å². The highest BCUT2D eigenvalue weighted by Crippen LogP contribution is 1.82. The van der Waals surface area contributed by atoms with Crippen LogP contribution in [-0.4, -0.2) is 19.8 Å². The van der Waals surface area contributed by atoms with Crippen molar-refractivity contribution in [3.8, 4) is 0 Å². The third kappa shape index (κ3) is 3.40. The number of hydrogen-bond acceptors (Lipinski definition) is 3. The van der Waals surface area contributed by atoms with E-state index in [1.54, 1.807) is 0 Å². The van der Waals surface area contributed by atoms with Gasteiger partial charge in [-0.05, 0) is 6.92 Å². The Balaban J connectivity index is 3.40. The Kier molecular flexibility index (Phi) is 2.92. The molecule has 0 atom stereocenters. The lowest BCUT2D eigenvalue weighted by atomic mass is 10.3. The maximum absolute atomic E-state index is 10.2. The third-order valence-electron chi connectivity index (χ3n) is 0.393. The van der Waals surface area contributed by atoms with Gasteiger partial charge in [-0.25, -0.2) is 0 Å². The largest absolute Gasteiger partial charge is 0.696 e. The van der Waals surface area contributed by atoms with Gasteiger partial charge in [0.2, 0.25) is 0 Å². The number of hydrogen-bond donors (Lipinski definition) is 0. The average Bonchev–Trinajstić information content (AvgIpc) is 1.65. The van der Waals surface area contributed by atoms with Gasteiger partial charge in [-0.3, -0.25) is 9.59 Å². The van der Waals surface area contributed by atoms with Gasteiger partial charge in [0.25, 0.3) is 5.97 Å². The average molecular weight is 115 g/mol. The molecule has 0 aliphatic carbocycles. The molecule has 0 aliphatic heterocycles. The van der Waals surface area contributed by atoms with Gasteiger partial charge in [0.1, 0.15) is 13.8 Å². The van der Waals surface area contributed by atoms with Crippen LogP contribution in [0.2, 0.25) is 0 Å². The van der Waals surface area contributed by atoms with Crippen LogP contribution in [0.25, 0.3) is 0 Å². The molecule has 0 bridgehead atoms. The van der Waals surface area contributed by atoms with Crippen molar-refractivity contribution in [3.05, 3.63) is 0 Å². The van der Waals surface area contributed by atoms with Gasteiger partial charge < -0.3 is 4.65 Å². The molecule has 0 aromatic rings. The molecular weight excluding hydrogens is 107 g/mol. The molecule has 46 valence electrons. The first-order chi connectivity index (χ1) is 3.66. The van der Waals surface area contributed by atoms with Gasteiger partial charge in [-0.15, -0.1) is 0 Å². The quantitative estimate of drug-likeness (QED) is 0.335. The molecule has 0 amide bonds. The van der Waals surface area contributed by atoms with E-state index in [1.807, 2.05) is 0 Å². The number of carbonyl (C=O) groups excluding carboxylic acids is 2. The molecule has 0 fully saturated rings. The van der Waals surface area contributed by atoms with E-state index in [9.17, 15) is 9.59 Å². The first-order valence-electron chi connectivity index (χ1n) is 1.82. The van der Waals surface area contributed by atoms with E-state index in [4.69, 9.17) is 0 Å². The number of ketones is 1. The third-order valence-corrected chi connectivity index (χ3v) is 0.393. The predicted molar refractivity (Wildman–Crippen MR) is 31.3 cm³/mol. The molecule has 0 saturated heterocycles. The molecule has 0 unspecified atom stereocenters. The summed E-state index contributed by atoms with van der Waals surface area (Å²) in [6, 6.07) is 0. The lowest BCUT2D eigenvalue weighted by Gasteiger charge is -1.99. The van der Waals surface area contributed by atoms with E-state index < -0.39 is 0 Å². The molecule has 0 aromatic carbocycles. The van der Waals surface area contributed by atoms with E-state index in [-0.39, 0.29) is 26.2 Å².